The van der Waals surface area contributed by atoms with Crippen molar-refractivity contribution in [2.75, 3.05) is 0 Å². The molecule has 0 aliphatic rings. The lowest BCUT2D eigenvalue weighted by atomic mass is 9.95. The summed E-state index contributed by atoms with van der Waals surface area (Å²) in [6, 6.07) is 34.4. The maximum absolute atomic E-state index is 12.3. The lowest BCUT2D eigenvalue weighted by Gasteiger charge is -2.12. The summed E-state index contributed by atoms with van der Waals surface area (Å²) >= 11 is 6.06. The fourth-order valence-corrected chi connectivity index (χ4v) is 3.56. The van der Waals surface area contributed by atoms with Gasteiger partial charge in [-0.25, -0.2) is 0 Å². The van der Waals surface area contributed by atoms with Gasteiger partial charge in [0.1, 0.15) is 6.10 Å². The van der Waals surface area contributed by atoms with Gasteiger partial charge in [0.15, 0.2) is 5.78 Å². The van der Waals surface area contributed by atoms with E-state index in [1.54, 1.807) is 18.2 Å². The Bertz CT molecular complexity index is 1110. The predicted molar refractivity (Wildman–Crippen MR) is 128 cm³/mol. The van der Waals surface area contributed by atoms with E-state index in [4.69, 9.17) is 11.6 Å². The topological polar surface area (TPSA) is 37.3 Å². The van der Waals surface area contributed by atoms with E-state index in [9.17, 15) is 9.90 Å². The van der Waals surface area contributed by atoms with Crippen molar-refractivity contribution >= 4 is 17.4 Å². The molecule has 2 nitrogen and oxygen atoms in total. The molecule has 0 bridgehead atoms. The second-order valence-corrected chi connectivity index (χ2v) is 7.44. The number of carbonyl (C=O) groups excluding carboxylic acids is 1. The summed E-state index contributed by atoms with van der Waals surface area (Å²) in [7, 11) is 0. The second-order valence-electron chi connectivity index (χ2n) is 7.03. The number of hydrogen-bond acceptors (Lipinski definition) is 2. The molecule has 0 saturated heterocycles. The maximum Gasteiger partial charge on any atom is 0.196 e. The second kappa shape index (κ2) is 11.3. The number of aryl methyl sites for hydroxylation is 1. The molecule has 0 aliphatic carbocycles. The Kier molecular flexibility index (Phi) is 8.17. The number of rotatable bonds is 5. The first-order valence-electron chi connectivity index (χ1n) is 10.3. The van der Waals surface area contributed by atoms with Gasteiger partial charge in [-0.1, -0.05) is 122 Å². The number of carbonyl (C=O) groups is 1. The minimum absolute atomic E-state index is 0.237. The molecule has 1 N–H and O–H groups in total. The number of aliphatic hydroxyl groups is 1. The fourth-order valence-electron chi connectivity index (χ4n) is 3.32. The van der Waals surface area contributed by atoms with Crippen LogP contribution in [-0.2, 0) is 6.42 Å². The molecule has 3 heteroatoms. The average molecular weight is 429 g/mol. The normalized spacial score (nSPS) is 11.2. The standard InChI is InChI=1S/C16H16O2.C12H9Cl/c1-2-12-8-6-7-11-14(12)16(18)15(17)13-9-4-3-5-10-13;13-12-9-5-4-8-11(12)10-6-2-1-3-7-10/h3-11,15,17H,2H2,1H3;1-9H. The van der Waals surface area contributed by atoms with E-state index in [1.807, 2.05) is 85.8 Å². The predicted octanol–water partition coefficient (Wildman–Crippen LogP) is 7.17. The molecule has 156 valence electrons. The van der Waals surface area contributed by atoms with Crippen molar-refractivity contribution in [3.8, 4) is 11.1 Å². The largest absolute Gasteiger partial charge is 0.380 e. The Hall–Kier alpha value is -3.20. The van der Waals surface area contributed by atoms with Crippen LogP contribution in [0.15, 0.2) is 109 Å². The van der Waals surface area contributed by atoms with E-state index in [0.717, 1.165) is 28.1 Å². The quantitative estimate of drug-likeness (QED) is 0.342. The van der Waals surface area contributed by atoms with Crippen LogP contribution in [0.25, 0.3) is 11.1 Å². The summed E-state index contributed by atoms with van der Waals surface area (Å²) in [5.74, 6) is -0.237. The van der Waals surface area contributed by atoms with Crippen molar-refractivity contribution in [2.24, 2.45) is 0 Å². The van der Waals surface area contributed by atoms with Gasteiger partial charge < -0.3 is 5.11 Å². The van der Waals surface area contributed by atoms with Crippen LogP contribution in [0.5, 0.6) is 0 Å². The molecular weight excluding hydrogens is 404 g/mol. The Balaban J connectivity index is 0.000000185. The molecular formula is C28H25ClO2. The van der Waals surface area contributed by atoms with Gasteiger partial charge in [-0.2, -0.15) is 0 Å². The van der Waals surface area contributed by atoms with Crippen LogP contribution in [-0.4, -0.2) is 10.9 Å². The van der Waals surface area contributed by atoms with Crippen molar-refractivity contribution in [1.82, 2.24) is 0 Å². The lowest BCUT2D eigenvalue weighted by molar-refractivity contribution is 0.0746. The van der Waals surface area contributed by atoms with Gasteiger partial charge in [-0.05, 0) is 29.2 Å². The molecule has 1 atom stereocenters. The van der Waals surface area contributed by atoms with Crippen molar-refractivity contribution in [3.63, 3.8) is 0 Å². The van der Waals surface area contributed by atoms with E-state index < -0.39 is 6.10 Å². The lowest BCUT2D eigenvalue weighted by Crippen LogP contribution is -2.14. The summed E-state index contributed by atoms with van der Waals surface area (Å²) in [4.78, 5) is 12.3. The molecule has 4 rings (SSSR count). The van der Waals surface area contributed by atoms with Crippen LogP contribution in [0.4, 0.5) is 0 Å². The number of Topliss-reactive ketones (excluding diaryl/α,β-unsaturated/α-hetero) is 1. The van der Waals surface area contributed by atoms with Crippen molar-refractivity contribution in [3.05, 3.63) is 131 Å². The van der Waals surface area contributed by atoms with E-state index in [0.29, 0.717) is 11.1 Å². The van der Waals surface area contributed by atoms with Gasteiger partial charge in [-0.15, -0.1) is 0 Å². The summed E-state index contributed by atoms with van der Waals surface area (Å²) in [6.45, 7) is 2.00. The van der Waals surface area contributed by atoms with Crippen LogP contribution in [0.1, 0.15) is 34.5 Å². The van der Waals surface area contributed by atoms with Gasteiger partial charge >= 0.3 is 0 Å². The average Bonchev–Trinajstić information content (AvgIpc) is 2.85. The van der Waals surface area contributed by atoms with E-state index in [-0.39, 0.29) is 5.78 Å². The van der Waals surface area contributed by atoms with Gasteiger partial charge in [-0.3, -0.25) is 4.79 Å². The molecule has 4 aromatic carbocycles. The highest BCUT2D eigenvalue weighted by Crippen LogP contribution is 2.26. The first kappa shape index (κ1) is 22.5. The fraction of sp³-hybridized carbons (Fsp3) is 0.107. The van der Waals surface area contributed by atoms with E-state index in [2.05, 4.69) is 12.1 Å². The molecule has 0 fully saturated rings. The van der Waals surface area contributed by atoms with Gasteiger partial charge in [0, 0.05) is 16.1 Å². The van der Waals surface area contributed by atoms with E-state index in [1.165, 1.54) is 0 Å². The van der Waals surface area contributed by atoms with Gasteiger partial charge in [0.25, 0.3) is 0 Å². The van der Waals surface area contributed by atoms with Crippen molar-refractivity contribution in [1.29, 1.82) is 0 Å². The van der Waals surface area contributed by atoms with Crippen LogP contribution in [0.3, 0.4) is 0 Å². The number of aliphatic hydroxyl groups excluding tert-OH is 1. The highest BCUT2D eigenvalue weighted by Gasteiger charge is 2.20. The monoisotopic (exact) mass is 428 g/mol. The van der Waals surface area contributed by atoms with Crippen LogP contribution < -0.4 is 0 Å². The van der Waals surface area contributed by atoms with Crippen LogP contribution in [0, 0.1) is 0 Å². The zero-order chi connectivity index (χ0) is 22.1. The molecule has 0 saturated carbocycles. The highest BCUT2D eigenvalue weighted by atomic mass is 35.5. The molecule has 0 aromatic heterocycles. The zero-order valence-corrected chi connectivity index (χ0v) is 18.2. The Morgan fingerprint density at radius 1 is 0.774 bits per heavy atom. The highest BCUT2D eigenvalue weighted by molar-refractivity contribution is 6.33. The molecule has 31 heavy (non-hydrogen) atoms. The Labute approximate surface area is 188 Å². The summed E-state index contributed by atoms with van der Waals surface area (Å²) in [5.41, 5.74) is 4.46. The number of halogens is 1. The molecule has 0 heterocycles. The smallest absolute Gasteiger partial charge is 0.196 e. The third kappa shape index (κ3) is 5.91. The molecule has 0 aliphatic heterocycles. The molecule has 0 radical (unpaired) electrons. The molecule has 0 spiro atoms. The van der Waals surface area contributed by atoms with E-state index >= 15 is 0 Å². The SMILES string of the molecule is CCc1ccccc1C(=O)C(O)c1ccccc1.Clc1ccccc1-c1ccccc1. The minimum atomic E-state index is -1.08. The number of ketones is 1. The van der Waals surface area contributed by atoms with Gasteiger partial charge in [0.05, 0.1) is 0 Å². The van der Waals surface area contributed by atoms with Crippen LogP contribution >= 0.6 is 11.6 Å². The van der Waals surface area contributed by atoms with Crippen LogP contribution in [0.2, 0.25) is 5.02 Å². The Morgan fingerprint density at radius 3 is 1.97 bits per heavy atom. The summed E-state index contributed by atoms with van der Waals surface area (Å²) in [6.07, 6.45) is -0.303. The van der Waals surface area contributed by atoms with Gasteiger partial charge in [0.2, 0.25) is 0 Å². The minimum Gasteiger partial charge on any atom is -0.380 e. The zero-order valence-electron chi connectivity index (χ0n) is 17.4. The summed E-state index contributed by atoms with van der Waals surface area (Å²) in [5, 5.41) is 10.9. The number of hydrogen-bond donors (Lipinski definition) is 1. The van der Waals surface area contributed by atoms with Crippen molar-refractivity contribution < 1.29 is 9.90 Å². The molecule has 1 unspecified atom stereocenters. The third-order valence-corrected chi connectivity index (χ3v) is 5.32. The third-order valence-electron chi connectivity index (χ3n) is 4.99. The van der Waals surface area contributed by atoms with Crippen molar-refractivity contribution in [2.45, 2.75) is 19.4 Å². The first-order chi connectivity index (χ1) is 15.1. The number of benzene rings is 4. The summed E-state index contributed by atoms with van der Waals surface area (Å²) < 4.78 is 0. The Morgan fingerprint density at radius 2 is 1.32 bits per heavy atom. The maximum atomic E-state index is 12.3. The molecule has 0 amide bonds. The molecule has 4 aromatic rings. The first-order valence-corrected chi connectivity index (χ1v) is 10.6.